The molecule has 0 aliphatic heterocycles. The monoisotopic (exact) mass is 274 g/mol. The molecular weight excluding hydrogens is 261 g/mol. The standard InChI is InChI=1S/C5H10O4.Ba.2H/c6-2-1-4(3-7)5(8)9;;;/h4,6-7H,1-3H2,(H,8,9);;;. The SMILES string of the molecule is O=C(O)C(CO)CCO.[BaH2]. The van der Waals surface area contributed by atoms with Crippen LogP contribution in [0.2, 0.25) is 0 Å². The number of carbonyl (C=O) groups is 1. The van der Waals surface area contributed by atoms with Gasteiger partial charge in [-0.25, -0.2) is 0 Å². The molecule has 0 spiro atoms. The summed E-state index contributed by atoms with van der Waals surface area (Å²) in [4.78, 5) is 10.0. The topological polar surface area (TPSA) is 77.8 Å². The van der Waals surface area contributed by atoms with Gasteiger partial charge in [0, 0.05) is 6.61 Å². The zero-order chi connectivity index (χ0) is 7.28. The number of hydrogen-bond donors (Lipinski definition) is 3. The Kier molecular flexibility index (Phi) is 10.9. The van der Waals surface area contributed by atoms with E-state index < -0.39 is 18.5 Å². The average molecular weight is 273 g/mol. The van der Waals surface area contributed by atoms with Crippen molar-refractivity contribution in [3.8, 4) is 0 Å². The second-order valence-electron chi connectivity index (χ2n) is 1.73. The molecule has 0 aliphatic rings. The summed E-state index contributed by atoms with van der Waals surface area (Å²) in [6.45, 7) is -0.604. The number of aliphatic hydroxyl groups is 2. The summed E-state index contributed by atoms with van der Waals surface area (Å²) in [6.07, 6.45) is 0.117. The van der Waals surface area contributed by atoms with Crippen LogP contribution in [0.3, 0.4) is 0 Å². The van der Waals surface area contributed by atoms with E-state index in [0.29, 0.717) is 0 Å². The summed E-state index contributed by atoms with van der Waals surface area (Å²) in [5, 5.41) is 24.8. The summed E-state index contributed by atoms with van der Waals surface area (Å²) in [7, 11) is 0. The fraction of sp³-hybridized carbons (Fsp3) is 0.800. The molecule has 0 rings (SSSR count). The normalized spacial score (nSPS) is 11.8. The van der Waals surface area contributed by atoms with Gasteiger partial charge in [0.1, 0.15) is 0 Å². The molecule has 0 amide bonds. The maximum atomic E-state index is 10.0. The van der Waals surface area contributed by atoms with Crippen molar-refractivity contribution in [3.63, 3.8) is 0 Å². The van der Waals surface area contributed by atoms with Crippen LogP contribution >= 0.6 is 0 Å². The number of aliphatic carboxylic acids is 1. The first-order chi connectivity index (χ1) is 4.22. The molecule has 1 unspecified atom stereocenters. The van der Waals surface area contributed by atoms with E-state index >= 15 is 0 Å². The second-order valence-corrected chi connectivity index (χ2v) is 1.73. The van der Waals surface area contributed by atoms with Crippen molar-refractivity contribution in [2.24, 2.45) is 5.92 Å². The fourth-order valence-electron chi connectivity index (χ4n) is 0.449. The van der Waals surface area contributed by atoms with Gasteiger partial charge in [0.05, 0.1) is 12.5 Å². The van der Waals surface area contributed by atoms with Crippen LogP contribution in [0.5, 0.6) is 0 Å². The van der Waals surface area contributed by atoms with Crippen molar-refractivity contribution in [1.82, 2.24) is 0 Å². The van der Waals surface area contributed by atoms with Gasteiger partial charge in [-0.3, -0.25) is 4.79 Å². The molecule has 0 aliphatic carbocycles. The van der Waals surface area contributed by atoms with Crippen molar-refractivity contribution in [2.45, 2.75) is 6.42 Å². The Morgan fingerprint density at radius 2 is 1.90 bits per heavy atom. The van der Waals surface area contributed by atoms with Crippen LogP contribution < -0.4 is 0 Å². The molecule has 3 N–H and O–H groups in total. The first kappa shape index (κ1) is 13.5. The van der Waals surface area contributed by atoms with Gasteiger partial charge in [0.2, 0.25) is 0 Å². The van der Waals surface area contributed by atoms with E-state index in [4.69, 9.17) is 15.3 Å². The third kappa shape index (κ3) is 5.72. The molecule has 1 atom stereocenters. The van der Waals surface area contributed by atoms with Crippen LogP contribution in [0, 0.1) is 5.92 Å². The van der Waals surface area contributed by atoms with Gasteiger partial charge in [0.25, 0.3) is 0 Å². The summed E-state index contributed by atoms with van der Waals surface area (Å²) in [6, 6.07) is 0. The summed E-state index contributed by atoms with van der Waals surface area (Å²) < 4.78 is 0. The Morgan fingerprint density at radius 1 is 1.40 bits per heavy atom. The van der Waals surface area contributed by atoms with Crippen LogP contribution in [-0.4, -0.2) is 83.4 Å². The molecule has 0 saturated heterocycles. The van der Waals surface area contributed by atoms with E-state index in [9.17, 15) is 4.79 Å². The molecule has 5 heteroatoms. The molecule has 0 heterocycles. The Hall–Kier alpha value is 0.961. The molecule has 0 fully saturated rings. The van der Waals surface area contributed by atoms with E-state index in [1.165, 1.54) is 0 Å². The first-order valence-corrected chi connectivity index (χ1v) is 2.67. The minimum absolute atomic E-state index is 0. The van der Waals surface area contributed by atoms with Crippen molar-refractivity contribution in [1.29, 1.82) is 0 Å². The fourth-order valence-corrected chi connectivity index (χ4v) is 0.449. The van der Waals surface area contributed by atoms with Gasteiger partial charge in [0.15, 0.2) is 0 Å². The van der Waals surface area contributed by atoms with Crippen molar-refractivity contribution in [3.05, 3.63) is 0 Å². The van der Waals surface area contributed by atoms with Crippen LogP contribution in [0.4, 0.5) is 0 Å². The zero-order valence-electron chi connectivity index (χ0n) is 4.95. The van der Waals surface area contributed by atoms with Crippen molar-refractivity contribution in [2.75, 3.05) is 13.2 Å². The Morgan fingerprint density at radius 3 is 2.00 bits per heavy atom. The summed E-state index contributed by atoms with van der Waals surface area (Å²) in [5.41, 5.74) is 0. The van der Waals surface area contributed by atoms with Gasteiger partial charge < -0.3 is 15.3 Å². The van der Waals surface area contributed by atoms with Crippen molar-refractivity contribution < 1.29 is 20.1 Å². The van der Waals surface area contributed by atoms with Gasteiger partial charge in [-0.1, -0.05) is 0 Å². The zero-order valence-corrected chi connectivity index (χ0v) is 4.95. The molecule has 0 aromatic rings. The number of carboxylic acid groups (broad SMARTS) is 1. The number of carboxylic acids is 1. The first-order valence-electron chi connectivity index (χ1n) is 2.67. The third-order valence-electron chi connectivity index (χ3n) is 1.05. The number of rotatable bonds is 4. The Balaban J connectivity index is 0. The molecule has 0 aromatic carbocycles. The molecule has 4 nitrogen and oxygen atoms in total. The summed E-state index contributed by atoms with van der Waals surface area (Å²) >= 11 is 0. The third-order valence-corrected chi connectivity index (χ3v) is 1.05. The molecule has 0 aromatic heterocycles. The van der Waals surface area contributed by atoms with E-state index in [0.717, 1.165) is 0 Å². The van der Waals surface area contributed by atoms with E-state index in [-0.39, 0.29) is 61.9 Å². The van der Waals surface area contributed by atoms with Gasteiger partial charge >= 0.3 is 54.9 Å². The minimum atomic E-state index is -1.06. The van der Waals surface area contributed by atoms with Crippen LogP contribution in [0.1, 0.15) is 6.42 Å². The summed E-state index contributed by atoms with van der Waals surface area (Å²) in [5.74, 6) is -1.87. The predicted molar refractivity (Wildman–Crippen MR) is 38.5 cm³/mol. The molecular formula is C5H12BaO4. The number of hydrogen-bond acceptors (Lipinski definition) is 3. The van der Waals surface area contributed by atoms with Crippen LogP contribution in [0.25, 0.3) is 0 Å². The molecule has 0 bridgehead atoms. The average Bonchev–Trinajstić information content (AvgIpc) is 1.82. The predicted octanol–water partition coefficient (Wildman–Crippen LogP) is -1.85. The Bertz CT molecular complexity index is 95.6. The molecule has 0 radical (unpaired) electrons. The van der Waals surface area contributed by atoms with E-state index in [2.05, 4.69) is 0 Å². The molecule has 10 heavy (non-hydrogen) atoms. The molecule has 0 saturated carbocycles. The van der Waals surface area contributed by atoms with Crippen LogP contribution in [-0.2, 0) is 4.79 Å². The van der Waals surface area contributed by atoms with Crippen LogP contribution in [0.15, 0.2) is 0 Å². The van der Waals surface area contributed by atoms with Crippen molar-refractivity contribution >= 4 is 54.9 Å². The van der Waals surface area contributed by atoms with Gasteiger partial charge in [-0.15, -0.1) is 0 Å². The van der Waals surface area contributed by atoms with Gasteiger partial charge in [-0.2, -0.15) is 0 Å². The second kappa shape index (κ2) is 8.06. The Labute approximate surface area is 99.3 Å². The quantitative estimate of drug-likeness (QED) is 0.525. The van der Waals surface area contributed by atoms with E-state index in [1.54, 1.807) is 0 Å². The van der Waals surface area contributed by atoms with E-state index in [1.807, 2.05) is 0 Å². The number of aliphatic hydroxyl groups excluding tert-OH is 2. The van der Waals surface area contributed by atoms with Gasteiger partial charge in [-0.05, 0) is 6.42 Å². The maximum absolute atomic E-state index is 10.0. The molecule has 58 valence electrons.